The average Bonchev–Trinajstić information content (AvgIpc) is 2.29. The SMILES string of the molecule is C[C@H]1Cc2c(O)cc(Br)cc2O1. The predicted octanol–water partition coefficient (Wildman–Crippen LogP) is 2.48. The number of benzene rings is 1. The second-order valence-electron chi connectivity index (χ2n) is 3.03. The molecule has 1 N–H and O–H groups in total. The normalized spacial score (nSPS) is 20.3. The van der Waals surface area contributed by atoms with Crippen LogP contribution in [0.4, 0.5) is 0 Å². The van der Waals surface area contributed by atoms with Crippen molar-refractivity contribution in [3.63, 3.8) is 0 Å². The van der Waals surface area contributed by atoms with Crippen molar-refractivity contribution in [1.82, 2.24) is 0 Å². The van der Waals surface area contributed by atoms with E-state index in [0.29, 0.717) is 5.75 Å². The van der Waals surface area contributed by atoms with Gasteiger partial charge in [-0.05, 0) is 19.1 Å². The van der Waals surface area contributed by atoms with E-state index in [1.807, 2.05) is 13.0 Å². The van der Waals surface area contributed by atoms with Gasteiger partial charge in [0, 0.05) is 16.5 Å². The highest BCUT2D eigenvalue weighted by Gasteiger charge is 2.22. The Morgan fingerprint density at radius 1 is 1.58 bits per heavy atom. The molecule has 0 saturated heterocycles. The molecule has 1 aliphatic heterocycles. The second-order valence-corrected chi connectivity index (χ2v) is 3.95. The van der Waals surface area contributed by atoms with E-state index >= 15 is 0 Å². The van der Waals surface area contributed by atoms with Crippen molar-refractivity contribution in [2.24, 2.45) is 0 Å². The Hall–Kier alpha value is -0.700. The maximum absolute atomic E-state index is 9.52. The van der Waals surface area contributed by atoms with Gasteiger partial charge in [0.05, 0.1) is 0 Å². The molecule has 0 bridgehead atoms. The van der Waals surface area contributed by atoms with E-state index in [2.05, 4.69) is 15.9 Å². The summed E-state index contributed by atoms with van der Waals surface area (Å²) >= 11 is 3.30. The van der Waals surface area contributed by atoms with Crippen molar-refractivity contribution in [3.8, 4) is 11.5 Å². The summed E-state index contributed by atoms with van der Waals surface area (Å²) in [5.74, 6) is 1.12. The lowest BCUT2D eigenvalue weighted by Crippen LogP contribution is -2.05. The van der Waals surface area contributed by atoms with Crippen LogP contribution in [0.1, 0.15) is 12.5 Å². The molecular weight excluding hydrogens is 220 g/mol. The minimum Gasteiger partial charge on any atom is -0.507 e. The third kappa shape index (κ3) is 1.18. The summed E-state index contributed by atoms with van der Waals surface area (Å²) in [6.45, 7) is 1.99. The number of aromatic hydroxyl groups is 1. The summed E-state index contributed by atoms with van der Waals surface area (Å²) in [5, 5.41) is 9.52. The zero-order valence-electron chi connectivity index (χ0n) is 6.67. The van der Waals surface area contributed by atoms with Crippen LogP contribution in [0.2, 0.25) is 0 Å². The molecule has 3 heteroatoms. The van der Waals surface area contributed by atoms with Gasteiger partial charge in [0.15, 0.2) is 0 Å². The Labute approximate surface area is 79.3 Å². The van der Waals surface area contributed by atoms with Gasteiger partial charge in [-0.15, -0.1) is 0 Å². The first kappa shape index (κ1) is 7.92. The first-order valence-electron chi connectivity index (χ1n) is 3.85. The summed E-state index contributed by atoms with van der Waals surface area (Å²) in [4.78, 5) is 0. The average molecular weight is 229 g/mol. The van der Waals surface area contributed by atoms with E-state index in [1.165, 1.54) is 0 Å². The zero-order valence-corrected chi connectivity index (χ0v) is 8.26. The fourth-order valence-corrected chi connectivity index (χ4v) is 1.88. The summed E-state index contributed by atoms with van der Waals surface area (Å²) < 4.78 is 6.33. The fraction of sp³-hybridized carbons (Fsp3) is 0.333. The van der Waals surface area contributed by atoms with Crippen LogP contribution in [0.5, 0.6) is 11.5 Å². The molecular formula is C9H9BrO2. The number of hydrogen-bond acceptors (Lipinski definition) is 2. The molecule has 0 aromatic heterocycles. The molecule has 0 unspecified atom stereocenters. The molecule has 2 nitrogen and oxygen atoms in total. The smallest absolute Gasteiger partial charge is 0.127 e. The van der Waals surface area contributed by atoms with Crippen molar-refractivity contribution in [2.75, 3.05) is 0 Å². The molecule has 0 spiro atoms. The molecule has 2 rings (SSSR count). The van der Waals surface area contributed by atoms with Gasteiger partial charge in [0.25, 0.3) is 0 Å². The second kappa shape index (κ2) is 2.66. The van der Waals surface area contributed by atoms with Crippen molar-refractivity contribution < 1.29 is 9.84 Å². The lowest BCUT2D eigenvalue weighted by molar-refractivity contribution is 0.254. The Bertz CT molecular complexity index is 323. The van der Waals surface area contributed by atoms with Gasteiger partial charge in [-0.3, -0.25) is 0 Å². The molecule has 64 valence electrons. The van der Waals surface area contributed by atoms with Crippen LogP contribution in [0.25, 0.3) is 0 Å². The zero-order chi connectivity index (χ0) is 8.72. The van der Waals surface area contributed by atoms with Gasteiger partial charge >= 0.3 is 0 Å². The molecule has 1 aromatic carbocycles. The number of ether oxygens (including phenoxy) is 1. The van der Waals surface area contributed by atoms with E-state index < -0.39 is 0 Å². The van der Waals surface area contributed by atoms with Gasteiger partial charge in [0.2, 0.25) is 0 Å². The van der Waals surface area contributed by atoms with Crippen LogP contribution in [-0.4, -0.2) is 11.2 Å². The van der Waals surface area contributed by atoms with Gasteiger partial charge in [-0.1, -0.05) is 15.9 Å². The molecule has 1 atom stereocenters. The Morgan fingerprint density at radius 2 is 2.33 bits per heavy atom. The van der Waals surface area contributed by atoms with E-state index in [9.17, 15) is 5.11 Å². The minimum atomic E-state index is 0.181. The van der Waals surface area contributed by atoms with Crippen LogP contribution < -0.4 is 4.74 Å². The first-order chi connectivity index (χ1) is 5.66. The van der Waals surface area contributed by atoms with Crippen molar-refractivity contribution >= 4 is 15.9 Å². The first-order valence-corrected chi connectivity index (χ1v) is 4.64. The molecule has 1 aliphatic rings. The maximum Gasteiger partial charge on any atom is 0.127 e. The van der Waals surface area contributed by atoms with Crippen LogP contribution in [0.15, 0.2) is 16.6 Å². The van der Waals surface area contributed by atoms with Gasteiger partial charge < -0.3 is 9.84 Å². The molecule has 12 heavy (non-hydrogen) atoms. The van der Waals surface area contributed by atoms with Gasteiger partial charge in [-0.2, -0.15) is 0 Å². The standard InChI is InChI=1S/C9H9BrO2/c1-5-2-7-8(11)3-6(10)4-9(7)12-5/h3-5,11H,2H2,1H3/t5-/m0/s1. The lowest BCUT2D eigenvalue weighted by Gasteiger charge is -2.02. The minimum absolute atomic E-state index is 0.181. The highest BCUT2D eigenvalue weighted by atomic mass is 79.9. The van der Waals surface area contributed by atoms with Crippen LogP contribution in [0, 0.1) is 0 Å². The van der Waals surface area contributed by atoms with E-state index in [1.54, 1.807) is 6.07 Å². The monoisotopic (exact) mass is 228 g/mol. The Kier molecular flexibility index (Phi) is 1.76. The summed E-state index contributed by atoms with van der Waals surface area (Å²) in [6, 6.07) is 3.58. The van der Waals surface area contributed by atoms with Crippen molar-refractivity contribution in [1.29, 1.82) is 0 Å². The van der Waals surface area contributed by atoms with Crippen LogP contribution in [-0.2, 0) is 6.42 Å². The van der Waals surface area contributed by atoms with Gasteiger partial charge in [-0.25, -0.2) is 0 Å². The van der Waals surface area contributed by atoms with E-state index in [0.717, 1.165) is 22.2 Å². The summed E-state index contributed by atoms with van der Waals surface area (Å²) in [6.07, 6.45) is 0.981. The van der Waals surface area contributed by atoms with Crippen molar-refractivity contribution in [3.05, 3.63) is 22.2 Å². The molecule has 0 saturated carbocycles. The van der Waals surface area contributed by atoms with E-state index in [4.69, 9.17) is 4.74 Å². The predicted molar refractivity (Wildman–Crippen MR) is 49.6 cm³/mol. The quantitative estimate of drug-likeness (QED) is 0.740. The third-order valence-electron chi connectivity index (χ3n) is 1.97. The Balaban J connectivity index is 2.52. The van der Waals surface area contributed by atoms with Crippen LogP contribution >= 0.6 is 15.9 Å². The number of phenols is 1. The number of hydrogen-bond donors (Lipinski definition) is 1. The summed E-state index contributed by atoms with van der Waals surface area (Å²) in [5.41, 5.74) is 0.922. The molecule has 0 fully saturated rings. The number of rotatable bonds is 0. The molecule has 0 amide bonds. The van der Waals surface area contributed by atoms with Crippen LogP contribution in [0.3, 0.4) is 0 Å². The lowest BCUT2D eigenvalue weighted by atomic mass is 10.1. The highest BCUT2D eigenvalue weighted by molar-refractivity contribution is 9.10. The summed E-state index contributed by atoms with van der Waals surface area (Å²) in [7, 11) is 0. The largest absolute Gasteiger partial charge is 0.507 e. The topological polar surface area (TPSA) is 29.5 Å². The number of phenolic OH excluding ortho intramolecular Hbond substituents is 1. The third-order valence-corrected chi connectivity index (χ3v) is 2.43. The Morgan fingerprint density at radius 3 is 3.08 bits per heavy atom. The number of halogens is 1. The molecule has 1 aromatic rings. The maximum atomic E-state index is 9.52. The fourth-order valence-electron chi connectivity index (χ4n) is 1.45. The van der Waals surface area contributed by atoms with E-state index in [-0.39, 0.29) is 6.10 Å². The molecule has 0 radical (unpaired) electrons. The number of fused-ring (bicyclic) bond motifs is 1. The molecule has 1 heterocycles. The van der Waals surface area contributed by atoms with Crippen molar-refractivity contribution in [2.45, 2.75) is 19.4 Å². The highest BCUT2D eigenvalue weighted by Crippen LogP contribution is 2.37. The molecule has 0 aliphatic carbocycles. The van der Waals surface area contributed by atoms with Gasteiger partial charge in [0.1, 0.15) is 17.6 Å².